The zero-order valence-corrected chi connectivity index (χ0v) is 10.0. The van der Waals surface area contributed by atoms with Crippen LogP contribution in [0, 0.1) is 0 Å². The van der Waals surface area contributed by atoms with Crippen molar-refractivity contribution < 1.29 is 8.42 Å². The molecule has 0 rings (SSSR count). The van der Waals surface area contributed by atoms with E-state index in [-0.39, 0.29) is 5.75 Å². The second-order valence-corrected chi connectivity index (χ2v) is 6.09. The minimum Gasteiger partial charge on any atom is -0.302 e. The van der Waals surface area contributed by atoms with E-state index < -0.39 is 9.05 Å². The van der Waals surface area contributed by atoms with Crippen molar-refractivity contribution in [2.75, 3.05) is 19.3 Å². The standard InChI is InChI=1S/C8H18ClNO2S/c1-4-8(5-2)10(3)6-7-13(9,11)12/h8H,4-7H2,1-3H3. The van der Waals surface area contributed by atoms with Crippen LogP contribution in [0.2, 0.25) is 0 Å². The lowest BCUT2D eigenvalue weighted by Gasteiger charge is -2.25. The van der Waals surface area contributed by atoms with Crippen LogP contribution in [0.3, 0.4) is 0 Å². The van der Waals surface area contributed by atoms with Crippen LogP contribution in [0.15, 0.2) is 0 Å². The average Bonchev–Trinajstić information content (AvgIpc) is 2.02. The number of nitrogens with zero attached hydrogens (tertiary/aromatic N) is 1. The highest BCUT2D eigenvalue weighted by Gasteiger charge is 2.13. The molecule has 0 saturated carbocycles. The van der Waals surface area contributed by atoms with Gasteiger partial charge < -0.3 is 4.90 Å². The molecule has 0 atom stereocenters. The molecule has 0 aromatic heterocycles. The van der Waals surface area contributed by atoms with Gasteiger partial charge in [0.25, 0.3) is 0 Å². The average molecular weight is 228 g/mol. The molecule has 0 aromatic carbocycles. The van der Waals surface area contributed by atoms with Crippen molar-refractivity contribution in [2.24, 2.45) is 0 Å². The van der Waals surface area contributed by atoms with E-state index in [1.165, 1.54) is 0 Å². The van der Waals surface area contributed by atoms with Crippen molar-refractivity contribution in [1.29, 1.82) is 0 Å². The van der Waals surface area contributed by atoms with Crippen LogP contribution in [0.4, 0.5) is 0 Å². The molecule has 0 aliphatic heterocycles. The van der Waals surface area contributed by atoms with Crippen molar-refractivity contribution in [3.63, 3.8) is 0 Å². The predicted octanol–water partition coefficient (Wildman–Crippen LogP) is 1.68. The van der Waals surface area contributed by atoms with Crippen molar-refractivity contribution in [1.82, 2.24) is 4.90 Å². The van der Waals surface area contributed by atoms with E-state index in [2.05, 4.69) is 13.8 Å². The molecule has 13 heavy (non-hydrogen) atoms. The number of hydrogen-bond donors (Lipinski definition) is 0. The molecule has 0 saturated heterocycles. The van der Waals surface area contributed by atoms with Crippen LogP contribution < -0.4 is 0 Å². The second-order valence-electron chi connectivity index (χ2n) is 3.19. The molecule has 0 spiro atoms. The summed E-state index contributed by atoms with van der Waals surface area (Å²) >= 11 is 0. The SMILES string of the molecule is CCC(CC)N(C)CCS(=O)(=O)Cl. The molecule has 3 nitrogen and oxygen atoms in total. The van der Waals surface area contributed by atoms with Crippen LogP contribution in [-0.4, -0.2) is 38.7 Å². The molecular formula is C8H18ClNO2S. The van der Waals surface area contributed by atoms with Gasteiger partial charge in [-0.1, -0.05) is 13.8 Å². The normalized spacial score (nSPS) is 12.8. The lowest BCUT2D eigenvalue weighted by Crippen LogP contribution is -2.33. The van der Waals surface area contributed by atoms with Crippen molar-refractivity contribution in [3.05, 3.63) is 0 Å². The summed E-state index contributed by atoms with van der Waals surface area (Å²) < 4.78 is 21.3. The Morgan fingerprint density at radius 3 is 2.08 bits per heavy atom. The van der Waals surface area contributed by atoms with E-state index in [9.17, 15) is 8.42 Å². The summed E-state index contributed by atoms with van der Waals surface area (Å²) in [5, 5.41) is 0. The molecule has 0 aliphatic rings. The summed E-state index contributed by atoms with van der Waals surface area (Å²) in [5.74, 6) is 0.0293. The monoisotopic (exact) mass is 227 g/mol. The third-order valence-electron chi connectivity index (χ3n) is 2.25. The third-order valence-corrected chi connectivity index (χ3v) is 3.39. The summed E-state index contributed by atoms with van der Waals surface area (Å²) in [6.45, 7) is 4.71. The summed E-state index contributed by atoms with van der Waals surface area (Å²) in [6, 6.07) is 0.457. The Bertz CT molecular complexity index is 224. The lowest BCUT2D eigenvalue weighted by molar-refractivity contribution is 0.242. The van der Waals surface area contributed by atoms with Gasteiger partial charge >= 0.3 is 0 Å². The van der Waals surface area contributed by atoms with Crippen molar-refractivity contribution in [3.8, 4) is 0 Å². The minimum absolute atomic E-state index is 0.0293. The molecule has 80 valence electrons. The van der Waals surface area contributed by atoms with E-state index in [1.807, 2.05) is 11.9 Å². The van der Waals surface area contributed by atoms with Crippen LogP contribution in [0.5, 0.6) is 0 Å². The highest BCUT2D eigenvalue weighted by atomic mass is 35.7. The summed E-state index contributed by atoms with van der Waals surface area (Å²) in [5.41, 5.74) is 0. The Labute approximate surface area is 85.5 Å². The molecule has 0 radical (unpaired) electrons. The quantitative estimate of drug-likeness (QED) is 0.648. The minimum atomic E-state index is -3.34. The summed E-state index contributed by atoms with van der Waals surface area (Å²) in [7, 11) is 3.71. The molecule has 0 amide bonds. The van der Waals surface area contributed by atoms with E-state index in [1.54, 1.807) is 0 Å². The lowest BCUT2D eigenvalue weighted by atomic mass is 10.1. The summed E-state index contributed by atoms with van der Waals surface area (Å²) in [4.78, 5) is 2.04. The van der Waals surface area contributed by atoms with Crippen LogP contribution in [0.25, 0.3) is 0 Å². The Morgan fingerprint density at radius 1 is 1.31 bits per heavy atom. The number of hydrogen-bond acceptors (Lipinski definition) is 3. The van der Waals surface area contributed by atoms with Crippen molar-refractivity contribution in [2.45, 2.75) is 32.7 Å². The topological polar surface area (TPSA) is 37.4 Å². The van der Waals surface area contributed by atoms with Gasteiger partial charge in [0.15, 0.2) is 0 Å². The molecule has 5 heteroatoms. The van der Waals surface area contributed by atoms with Gasteiger partial charge in [-0.05, 0) is 19.9 Å². The summed E-state index contributed by atoms with van der Waals surface area (Å²) in [6.07, 6.45) is 2.07. The smallest absolute Gasteiger partial charge is 0.233 e. The largest absolute Gasteiger partial charge is 0.302 e. The first-order valence-corrected chi connectivity index (χ1v) is 7.01. The van der Waals surface area contributed by atoms with Gasteiger partial charge in [-0.25, -0.2) is 8.42 Å². The van der Waals surface area contributed by atoms with E-state index in [4.69, 9.17) is 10.7 Å². The molecular weight excluding hydrogens is 210 g/mol. The second kappa shape index (κ2) is 5.83. The van der Waals surface area contributed by atoms with E-state index in [0.29, 0.717) is 12.6 Å². The van der Waals surface area contributed by atoms with Crippen LogP contribution >= 0.6 is 10.7 Å². The highest BCUT2D eigenvalue weighted by molar-refractivity contribution is 8.13. The number of halogens is 1. The Kier molecular flexibility index (Phi) is 5.92. The van der Waals surface area contributed by atoms with E-state index in [0.717, 1.165) is 12.8 Å². The Morgan fingerprint density at radius 2 is 1.77 bits per heavy atom. The fraction of sp³-hybridized carbons (Fsp3) is 1.00. The molecule has 0 aromatic rings. The van der Waals surface area contributed by atoms with Gasteiger partial charge in [-0.2, -0.15) is 0 Å². The number of rotatable bonds is 6. The molecule has 0 heterocycles. The van der Waals surface area contributed by atoms with Crippen LogP contribution in [-0.2, 0) is 9.05 Å². The maximum atomic E-state index is 10.7. The molecule has 0 N–H and O–H groups in total. The zero-order valence-electron chi connectivity index (χ0n) is 8.46. The maximum absolute atomic E-state index is 10.7. The van der Waals surface area contributed by atoms with E-state index >= 15 is 0 Å². The Balaban J connectivity index is 3.92. The maximum Gasteiger partial charge on any atom is 0.233 e. The van der Waals surface area contributed by atoms with Gasteiger partial charge in [0.05, 0.1) is 5.75 Å². The van der Waals surface area contributed by atoms with Crippen LogP contribution in [0.1, 0.15) is 26.7 Å². The fourth-order valence-corrected chi connectivity index (χ4v) is 2.06. The predicted molar refractivity (Wildman–Crippen MR) is 56.6 cm³/mol. The van der Waals surface area contributed by atoms with Crippen molar-refractivity contribution >= 4 is 19.7 Å². The Hall–Kier alpha value is 0.200. The van der Waals surface area contributed by atoms with Gasteiger partial charge in [0, 0.05) is 23.3 Å². The molecule has 0 bridgehead atoms. The fourth-order valence-electron chi connectivity index (χ4n) is 1.35. The third kappa shape index (κ3) is 6.29. The molecule has 0 aliphatic carbocycles. The van der Waals surface area contributed by atoms with Gasteiger partial charge in [-0.15, -0.1) is 0 Å². The molecule has 0 fully saturated rings. The zero-order chi connectivity index (χ0) is 10.5. The highest BCUT2D eigenvalue weighted by Crippen LogP contribution is 2.06. The first-order valence-electron chi connectivity index (χ1n) is 4.53. The van der Waals surface area contributed by atoms with Gasteiger partial charge in [0.2, 0.25) is 9.05 Å². The van der Waals surface area contributed by atoms with Gasteiger partial charge in [-0.3, -0.25) is 0 Å². The van der Waals surface area contributed by atoms with Gasteiger partial charge in [0.1, 0.15) is 0 Å². The molecule has 0 unspecified atom stereocenters. The first-order chi connectivity index (χ1) is 5.90. The first kappa shape index (κ1) is 13.2.